The van der Waals surface area contributed by atoms with E-state index in [1.807, 2.05) is 106 Å². The molecule has 0 aliphatic carbocycles. The van der Waals surface area contributed by atoms with Crippen LogP contribution in [0.15, 0.2) is 115 Å². The van der Waals surface area contributed by atoms with E-state index >= 15 is 0 Å². The van der Waals surface area contributed by atoms with Gasteiger partial charge in [-0.05, 0) is 119 Å². The predicted octanol–water partition coefficient (Wildman–Crippen LogP) is 9.45. The molecule has 0 radical (unpaired) electrons. The lowest BCUT2D eigenvalue weighted by atomic mass is 9.91. The van der Waals surface area contributed by atoms with Crippen molar-refractivity contribution in [2.45, 2.75) is 65.0 Å². The van der Waals surface area contributed by atoms with Crippen molar-refractivity contribution in [2.75, 3.05) is 6.61 Å². The number of aromatic nitrogens is 1. The number of benzene rings is 5. The molecule has 0 saturated heterocycles. The number of carboxylic acid groups (broad SMARTS) is 1. The van der Waals surface area contributed by atoms with Crippen molar-refractivity contribution in [1.82, 2.24) is 15.2 Å². The molecule has 0 saturated carbocycles. The SMILES string of the molecule is Cc1ccccc1C(=O)N1Cc2cc3c(cc2C[C@H]1C(=O)NC(Cc1ccc(-c2ccnc(C)c2C)cc1)C(=O)O)OC[C@H](c1ccc(OCc2ccc(Cl)c(Cl)c2)cc1)O3. The number of nitrogens with zero attached hydrogens (tertiary/aromatic N) is 2. The highest BCUT2D eigenvalue weighted by molar-refractivity contribution is 6.42. The van der Waals surface area contributed by atoms with Crippen LogP contribution < -0.4 is 19.5 Å². The number of halogens is 2. The zero-order chi connectivity index (χ0) is 42.8. The third kappa shape index (κ3) is 9.06. The second kappa shape index (κ2) is 17.7. The van der Waals surface area contributed by atoms with Gasteiger partial charge in [-0.3, -0.25) is 14.6 Å². The Hall–Kier alpha value is -6.36. The lowest BCUT2D eigenvalue weighted by Crippen LogP contribution is -2.56. The minimum absolute atomic E-state index is 0.0547. The predicted molar refractivity (Wildman–Crippen MR) is 234 cm³/mol. The van der Waals surface area contributed by atoms with Crippen LogP contribution in [0.2, 0.25) is 10.0 Å². The Balaban J connectivity index is 0.993. The molecule has 3 heterocycles. The van der Waals surface area contributed by atoms with Gasteiger partial charge in [0.2, 0.25) is 5.91 Å². The number of ether oxygens (including phenoxy) is 3. The first-order valence-electron chi connectivity index (χ1n) is 19.9. The van der Waals surface area contributed by atoms with Gasteiger partial charge in [-0.15, -0.1) is 0 Å². The monoisotopic (exact) mass is 855 g/mol. The first-order chi connectivity index (χ1) is 29.4. The second-order valence-corrected chi connectivity index (χ2v) is 16.2. The lowest BCUT2D eigenvalue weighted by molar-refractivity contribution is -0.142. The Bertz CT molecular complexity index is 2630. The van der Waals surface area contributed by atoms with Crippen LogP contribution in [0.1, 0.15) is 61.1 Å². The van der Waals surface area contributed by atoms with Gasteiger partial charge >= 0.3 is 5.97 Å². The number of carbonyl (C=O) groups excluding carboxylic acids is 2. The molecule has 1 aromatic heterocycles. The van der Waals surface area contributed by atoms with Crippen molar-refractivity contribution in [3.8, 4) is 28.4 Å². The molecule has 12 heteroatoms. The van der Waals surface area contributed by atoms with Crippen molar-refractivity contribution in [3.63, 3.8) is 0 Å². The van der Waals surface area contributed by atoms with Gasteiger partial charge < -0.3 is 29.5 Å². The molecule has 0 fully saturated rings. The largest absolute Gasteiger partial charge is 0.489 e. The van der Waals surface area contributed by atoms with Crippen LogP contribution in [0, 0.1) is 20.8 Å². The fraction of sp³-hybridized carbons (Fsp3) is 0.224. The standard InChI is InChI=1S/C49H43Cl2N3O7/c1-28-6-4-5-7-38(28)48(56)54-25-36-24-45-44(60-27-46(61-45)34-13-15-37(16-14-34)59-26-32-10-17-40(50)41(51)20-32)23-35(36)22-43(54)47(55)53-42(49(57)58)21-31-8-11-33(12-9-31)39-18-19-52-30(3)29(39)2/h4-20,23-24,42-43,46H,21-22,25-27H2,1-3H3,(H,53,55)(H,57,58)/t42?,43-,46+/m0/s1. The van der Waals surface area contributed by atoms with Gasteiger partial charge in [0.05, 0.1) is 10.0 Å². The van der Waals surface area contributed by atoms with Crippen LogP contribution in [0.5, 0.6) is 17.2 Å². The summed E-state index contributed by atoms with van der Waals surface area (Å²) in [6, 6.07) is 31.3. The summed E-state index contributed by atoms with van der Waals surface area (Å²) >= 11 is 12.2. The number of pyridine rings is 1. The van der Waals surface area contributed by atoms with E-state index < -0.39 is 30.1 Å². The van der Waals surface area contributed by atoms with Gasteiger partial charge in [0, 0.05) is 36.8 Å². The van der Waals surface area contributed by atoms with Crippen LogP contribution in [-0.2, 0) is 35.6 Å². The number of nitrogens with one attached hydrogen (secondary N) is 1. The fourth-order valence-corrected chi connectivity index (χ4v) is 8.10. The molecule has 2 N–H and O–H groups in total. The Morgan fingerprint density at radius 2 is 1.61 bits per heavy atom. The molecule has 61 heavy (non-hydrogen) atoms. The number of amides is 2. The quantitative estimate of drug-likeness (QED) is 0.132. The number of hydrogen-bond donors (Lipinski definition) is 2. The average Bonchev–Trinajstić information content (AvgIpc) is 3.26. The molecular weight excluding hydrogens is 813 g/mol. The highest BCUT2D eigenvalue weighted by Gasteiger charge is 2.38. The maximum atomic E-state index is 14.3. The molecule has 2 aliphatic rings. The van der Waals surface area contributed by atoms with Crippen LogP contribution in [0.4, 0.5) is 0 Å². The number of aryl methyl sites for hydroxylation is 2. The van der Waals surface area contributed by atoms with E-state index in [-0.39, 0.29) is 31.9 Å². The minimum atomic E-state index is -1.24. The molecule has 310 valence electrons. The Kier molecular flexibility index (Phi) is 12.0. The van der Waals surface area contributed by atoms with E-state index in [0.29, 0.717) is 39.5 Å². The summed E-state index contributed by atoms with van der Waals surface area (Å²) in [5, 5.41) is 14.0. The van der Waals surface area contributed by atoms with Crippen molar-refractivity contribution in [3.05, 3.63) is 176 Å². The highest BCUT2D eigenvalue weighted by atomic mass is 35.5. The Labute approximate surface area is 364 Å². The van der Waals surface area contributed by atoms with Gasteiger partial charge in [0.25, 0.3) is 5.91 Å². The number of carbonyl (C=O) groups is 3. The van der Waals surface area contributed by atoms with E-state index in [0.717, 1.165) is 55.8 Å². The summed E-state index contributed by atoms with van der Waals surface area (Å²) in [7, 11) is 0. The van der Waals surface area contributed by atoms with E-state index in [9.17, 15) is 19.5 Å². The molecule has 2 amide bonds. The molecule has 5 aromatic carbocycles. The zero-order valence-corrected chi connectivity index (χ0v) is 35.3. The Morgan fingerprint density at radius 3 is 2.34 bits per heavy atom. The van der Waals surface area contributed by atoms with Gasteiger partial charge in [0.15, 0.2) is 17.6 Å². The fourth-order valence-electron chi connectivity index (χ4n) is 7.78. The minimum Gasteiger partial charge on any atom is -0.489 e. The molecule has 1 unspecified atom stereocenters. The normalized spacial score (nSPS) is 16.0. The number of aliphatic carboxylic acids is 1. The molecule has 2 aliphatic heterocycles. The van der Waals surface area contributed by atoms with Crippen LogP contribution >= 0.6 is 23.2 Å². The number of rotatable bonds is 11. The maximum absolute atomic E-state index is 14.3. The number of carboxylic acids is 1. The van der Waals surface area contributed by atoms with Gasteiger partial charge in [-0.1, -0.05) is 83.9 Å². The van der Waals surface area contributed by atoms with Crippen LogP contribution in [0.25, 0.3) is 11.1 Å². The first kappa shape index (κ1) is 41.4. The van der Waals surface area contributed by atoms with E-state index in [1.54, 1.807) is 30.5 Å². The van der Waals surface area contributed by atoms with Crippen molar-refractivity contribution in [2.24, 2.45) is 0 Å². The van der Waals surface area contributed by atoms with Crippen LogP contribution in [-0.4, -0.2) is 51.5 Å². The molecule has 3 atom stereocenters. The lowest BCUT2D eigenvalue weighted by Gasteiger charge is -2.38. The molecular formula is C49H43Cl2N3O7. The van der Waals surface area contributed by atoms with Gasteiger partial charge in [0.1, 0.15) is 31.0 Å². The number of hydrogen-bond acceptors (Lipinski definition) is 7. The van der Waals surface area contributed by atoms with Crippen molar-refractivity contribution in [1.29, 1.82) is 0 Å². The highest BCUT2D eigenvalue weighted by Crippen LogP contribution is 2.41. The summed E-state index contributed by atoms with van der Waals surface area (Å²) in [6.45, 7) is 6.50. The van der Waals surface area contributed by atoms with Crippen LogP contribution in [0.3, 0.4) is 0 Å². The first-order valence-corrected chi connectivity index (χ1v) is 20.7. The van der Waals surface area contributed by atoms with Gasteiger partial charge in [-0.2, -0.15) is 0 Å². The van der Waals surface area contributed by atoms with Crippen molar-refractivity contribution < 1.29 is 33.7 Å². The topological polar surface area (TPSA) is 127 Å². The molecule has 6 aromatic rings. The summed E-state index contributed by atoms with van der Waals surface area (Å²) in [6.07, 6.45) is 1.56. The summed E-state index contributed by atoms with van der Waals surface area (Å²) in [5.74, 6) is -0.342. The molecule has 8 rings (SSSR count). The summed E-state index contributed by atoms with van der Waals surface area (Å²) in [5.41, 5.74) is 9.39. The molecule has 10 nitrogen and oxygen atoms in total. The second-order valence-electron chi connectivity index (χ2n) is 15.4. The van der Waals surface area contributed by atoms with Gasteiger partial charge in [-0.25, -0.2) is 4.79 Å². The third-order valence-electron chi connectivity index (χ3n) is 11.4. The molecule has 0 bridgehead atoms. The zero-order valence-electron chi connectivity index (χ0n) is 33.8. The number of fused-ring (bicyclic) bond motifs is 2. The van der Waals surface area contributed by atoms with Crippen molar-refractivity contribution >= 4 is 41.0 Å². The smallest absolute Gasteiger partial charge is 0.326 e. The molecule has 0 spiro atoms. The average molecular weight is 857 g/mol. The van der Waals surface area contributed by atoms with E-state index in [4.69, 9.17) is 37.4 Å². The third-order valence-corrected chi connectivity index (χ3v) is 12.2. The van der Waals surface area contributed by atoms with E-state index in [2.05, 4.69) is 10.3 Å². The van der Waals surface area contributed by atoms with E-state index in [1.165, 1.54) is 4.90 Å². The maximum Gasteiger partial charge on any atom is 0.326 e. The Morgan fingerprint density at radius 1 is 0.869 bits per heavy atom. The summed E-state index contributed by atoms with van der Waals surface area (Å²) < 4.78 is 18.7. The summed E-state index contributed by atoms with van der Waals surface area (Å²) in [4.78, 5) is 47.1.